The van der Waals surface area contributed by atoms with E-state index in [1.54, 1.807) is 29.8 Å². The summed E-state index contributed by atoms with van der Waals surface area (Å²) in [6.07, 6.45) is 4.61. The highest BCUT2D eigenvalue weighted by atomic mass is 32.2. The summed E-state index contributed by atoms with van der Waals surface area (Å²) in [6, 6.07) is 5.00. The normalized spacial score (nSPS) is 12.0. The van der Waals surface area contributed by atoms with Gasteiger partial charge in [-0.3, -0.25) is 4.98 Å². The Morgan fingerprint density at radius 1 is 1.19 bits per heavy atom. The largest absolute Gasteiger partial charge is 0.324 e. The highest BCUT2D eigenvalue weighted by molar-refractivity contribution is 7.91. The van der Waals surface area contributed by atoms with Gasteiger partial charge in [-0.25, -0.2) is 28.1 Å². The lowest BCUT2D eigenvalue weighted by molar-refractivity contribution is 0.597. The minimum Gasteiger partial charge on any atom is -0.324 e. The van der Waals surface area contributed by atoms with Crippen molar-refractivity contribution >= 4 is 20.9 Å². The molecule has 0 saturated heterocycles. The van der Waals surface area contributed by atoms with Crippen LogP contribution in [0.2, 0.25) is 0 Å². The van der Waals surface area contributed by atoms with Gasteiger partial charge in [-0.05, 0) is 25.1 Å². The van der Waals surface area contributed by atoms with Crippen molar-refractivity contribution in [2.24, 2.45) is 7.05 Å². The molecular formula is C17H17N7O2S. The molecule has 27 heavy (non-hydrogen) atoms. The van der Waals surface area contributed by atoms with Crippen molar-refractivity contribution in [2.75, 3.05) is 5.75 Å². The molecule has 138 valence electrons. The van der Waals surface area contributed by atoms with Crippen molar-refractivity contribution in [3.8, 4) is 17.3 Å². The highest BCUT2D eigenvalue weighted by Gasteiger charge is 2.24. The zero-order valence-electron chi connectivity index (χ0n) is 15.0. The van der Waals surface area contributed by atoms with Crippen LogP contribution in [0.3, 0.4) is 0 Å². The van der Waals surface area contributed by atoms with E-state index in [-0.39, 0.29) is 16.3 Å². The van der Waals surface area contributed by atoms with E-state index in [4.69, 9.17) is 0 Å². The fourth-order valence-electron chi connectivity index (χ4n) is 2.86. The minimum absolute atomic E-state index is 0.0328. The number of sulfone groups is 1. The summed E-state index contributed by atoms with van der Waals surface area (Å²) in [5.41, 5.74) is 2.63. The molecule has 0 aliphatic heterocycles. The Morgan fingerprint density at radius 2 is 2.00 bits per heavy atom. The van der Waals surface area contributed by atoms with Crippen LogP contribution in [0, 0.1) is 6.92 Å². The van der Waals surface area contributed by atoms with Crippen LogP contribution in [-0.2, 0) is 16.9 Å². The van der Waals surface area contributed by atoms with E-state index in [2.05, 4.69) is 25.0 Å². The molecule has 4 rings (SSSR count). The quantitative estimate of drug-likeness (QED) is 0.528. The fraction of sp³-hybridized carbons (Fsp3) is 0.235. The molecule has 0 saturated carbocycles. The lowest BCUT2D eigenvalue weighted by atomic mass is 10.3. The molecular weight excluding hydrogens is 366 g/mol. The van der Waals surface area contributed by atoms with Crippen molar-refractivity contribution in [1.82, 2.24) is 34.3 Å². The topological polar surface area (TPSA) is 108 Å². The van der Waals surface area contributed by atoms with Crippen molar-refractivity contribution in [3.63, 3.8) is 0 Å². The number of nitrogens with zero attached hydrogens (tertiary/aromatic N) is 7. The van der Waals surface area contributed by atoms with Gasteiger partial charge in [0.25, 0.3) is 0 Å². The van der Waals surface area contributed by atoms with Crippen LogP contribution in [0.4, 0.5) is 0 Å². The van der Waals surface area contributed by atoms with Gasteiger partial charge < -0.3 is 4.57 Å². The summed E-state index contributed by atoms with van der Waals surface area (Å²) < 4.78 is 28.6. The average Bonchev–Trinajstić information content (AvgIpc) is 3.29. The first-order chi connectivity index (χ1) is 12.9. The molecule has 0 aliphatic carbocycles. The maximum Gasteiger partial charge on any atom is 0.180 e. The van der Waals surface area contributed by atoms with E-state index >= 15 is 0 Å². The SMILES string of the molecule is CCS(=O)(=O)c1ccc(-n2cncn2)nc1-c1nc2cc(C)ncc2n1C. The van der Waals surface area contributed by atoms with Gasteiger partial charge in [-0.2, -0.15) is 5.10 Å². The van der Waals surface area contributed by atoms with E-state index < -0.39 is 9.84 Å². The lowest BCUT2D eigenvalue weighted by Crippen LogP contribution is -2.10. The maximum atomic E-state index is 12.6. The van der Waals surface area contributed by atoms with Crippen molar-refractivity contribution in [2.45, 2.75) is 18.7 Å². The molecule has 0 bridgehead atoms. The number of pyridine rings is 2. The summed E-state index contributed by atoms with van der Waals surface area (Å²) in [7, 11) is -1.69. The van der Waals surface area contributed by atoms with Gasteiger partial charge in [-0.1, -0.05) is 6.92 Å². The Hall–Kier alpha value is -3.14. The molecule has 4 aromatic heterocycles. The van der Waals surface area contributed by atoms with Crippen molar-refractivity contribution in [1.29, 1.82) is 0 Å². The lowest BCUT2D eigenvalue weighted by Gasteiger charge is -2.10. The van der Waals surface area contributed by atoms with E-state index in [0.717, 1.165) is 16.7 Å². The van der Waals surface area contributed by atoms with Crippen molar-refractivity contribution < 1.29 is 8.42 Å². The standard InChI is InChI=1S/C17H17N7O2S/c1-4-27(25,26)14-5-6-15(24-10-18-9-20-24)22-16(14)17-21-12-7-11(2)19-8-13(12)23(17)3/h5-10H,4H2,1-3H3. The number of hydrogen-bond donors (Lipinski definition) is 0. The Bertz CT molecular complexity index is 1240. The van der Waals surface area contributed by atoms with Crippen LogP contribution >= 0.6 is 0 Å². The summed E-state index contributed by atoms with van der Waals surface area (Å²) in [4.78, 5) is 17.5. The second-order valence-electron chi connectivity index (χ2n) is 6.07. The smallest absolute Gasteiger partial charge is 0.180 e. The number of aryl methyl sites for hydroxylation is 2. The number of aromatic nitrogens is 7. The minimum atomic E-state index is -3.50. The fourth-order valence-corrected chi connectivity index (χ4v) is 3.88. The molecule has 4 heterocycles. The van der Waals surface area contributed by atoms with Crippen LogP contribution < -0.4 is 0 Å². The Labute approximate surface area is 155 Å². The predicted molar refractivity (Wildman–Crippen MR) is 99.1 cm³/mol. The zero-order chi connectivity index (χ0) is 19.2. The van der Waals surface area contributed by atoms with Gasteiger partial charge in [0.15, 0.2) is 21.5 Å². The third-order valence-corrected chi connectivity index (χ3v) is 6.09. The number of imidazole rings is 1. The highest BCUT2D eigenvalue weighted by Crippen LogP contribution is 2.29. The summed E-state index contributed by atoms with van der Waals surface area (Å²) in [5, 5.41) is 4.07. The van der Waals surface area contributed by atoms with E-state index in [0.29, 0.717) is 11.6 Å². The predicted octanol–water partition coefficient (Wildman–Crippen LogP) is 1.71. The Morgan fingerprint density at radius 3 is 2.70 bits per heavy atom. The maximum absolute atomic E-state index is 12.6. The van der Waals surface area contributed by atoms with Gasteiger partial charge in [0.2, 0.25) is 0 Å². The first kappa shape index (κ1) is 17.3. The third kappa shape index (κ3) is 2.87. The van der Waals surface area contributed by atoms with Crippen LogP contribution in [0.15, 0.2) is 41.9 Å². The molecule has 0 amide bonds. The molecule has 0 atom stereocenters. The molecule has 0 N–H and O–H groups in total. The molecule has 10 heteroatoms. The van der Waals surface area contributed by atoms with Crippen molar-refractivity contribution in [3.05, 3.63) is 42.7 Å². The molecule has 0 aromatic carbocycles. The van der Waals surface area contributed by atoms with E-state index in [1.807, 2.05) is 20.0 Å². The average molecular weight is 383 g/mol. The zero-order valence-corrected chi connectivity index (χ0v) is 15.8. The summed E-state index contributed by atoms with van der Waals surface area (Å²) in [6.45, 7) is 3.48. The molecule has 0 unspecified atom stereocenters. The van der Waals surface area contributed by atoms with E-state index in [9.17, 15) is 8.42 Å². The first-order valence-corrected chi connectivity index (χ1v) is 9.94. The Kier molecular flexibility index (Phi) is 3.99. The van der Waals surface area contributed by atoms with Crippen LogP contribution in [0.25, 0.3) is 28.4 Å². The van der Waals surface area contributed by atoms with Crippen LogP contribution in [0.1, 0.15) is 12.6 Å². The molecule has 4 aromatic rings. The summed E-state index contributed by atoms with van der Waals surface area (Å²) >= 11 is 0. The van der Waals surface area contributed by atoms with Gasteiger partial charge in [0.05, 0.1) is 27.9 Å². The van der Waals surface area contributed by atoms with E-state index in [1.165, 1.54) is 17.3 Å². The molecule has 0 fully saturated rings. The molecule has 0 aliphatic rings. The van der Waals surface area contributed by atoms with Gasteiger partial charge in [0, 0.05) is 12.7 Å². The van der Waals surface area contributed by atoms with Gasteiger partial charge >= 0.3 is 0 Å². The van der Waals surface area contributed by atoms with Crippen LogP contribution in [0.5, 0.6) is 0 Å². The third-order valence-electron chi connectivity index (χ3n) is 4.33. The number of fused-ring (bicyclic) bond motifs is 1. The van der Waals surface area contributed by atoms with Crippen LogP contribution in [-0.4, -0.2) is 48.5 Å². The molecule has 0 radical (unpaired) electrons. The van der Waals surface area contributed by atoms with Gasteiger partial charge in [-0.15, -0.1) is 0 Å². The molecule has 9 nitrogen and oxygen atoms in total. The second-order valence-corrected chi connectivity index (χ2v) is 8.32. The summed E-state index contributed by atoms with van der Waals surface area (Å²) in [5.74, 6) is 0.875. The monoisotopic (exact) mass is 383 g/mol. The van der Waals surface area contributed by atoms with Gasteiger partial charge in [0.1, 0.15) is 18.3 Å². The number of rotatable bonds is 4. The second kappa shape index (κ2) is 6.23. The first-order valence-electron chi connectivity index (χ1n) is 8.29. The molecule has 0 spiro atoms. The number of hydrogen-bond acceptors (Lipinski definition) is 7. The Balaban J connectivity index is 2.03.